The van der Waals surface area contributed by atoms with Gasteiger partial charge in [-0.3, -0.25) is 9.59 Å². The standard InChI is InChI=1S/C24H30Cl2N2O2S/c1-3-4-13-27-24(30)18(2)28(14-12-19-8-6-5-7-9-19)23(29)17-31-16-20-10-11-21(25)15-22(20)26/h5-11,15,18H,3-4,12-14,16-17H2,1-2H3,(H,27,30)/t18-/m1/s1. The Bertz CT molecular complexity index is 849. The third kappa shape index (κ3) is 8.76. The van der Waals surface area contributed by atoms with E-state index in [0.717, 1.165) is 24.0 Å². The van der Waals surface area contributed by atoms with Crippen LogP contribution in [0.15, 0.2) is 48.5 Å². The predicted molar refractivity (Wildman–Crippen MR) is 132 cm³/mol. The Labute approximate surface area is 199 Å². The molecule has 7 heteroatoms. The van der Waals surface area contributed by atoms with E-state index >= 15 is 0 Å². The Balaban J connectivity index is 1.99. The van der Waals surface area contributed by atoms with Crippen LogP contribution in [-0.2, 0) is 21.8 Å². The van der Waals surface area contributed by atoms with Crippen LogP contribution in [0.2, 0.25) is 10.0 Å². The summed E-state index contributed by atoms with van der Waals surface area (Å²) in [7, 11) is 0. The molecular formula is C24H30Cl2N2O2S. The number of amides is 2. The molecule has 0 aromatic heterocycles. The summed E-state index contributed by atoms with van der Waals surface area (Å²) in [6.45, 7) is 5.00. The fourth-order valence-electron chi connectivity index (χ4n) is 3.08. The molecule has 0 heterocycles. The van der Waals surface area contributed by atoms with Crippen molar-refractivity contribution in [2.75, 3.05) is 18.8 Å². The van der Waals surface area contributed by atoms with E-state index in [4.69, 9.17) is 23.2 Å². The molecule has 2 aromatic carbocycles. The van der Waals surface area contributed by atoms with E-state index < -0.39 is 6.04 Å². The summed E-state index contributed by atoms with van der Waals surface area (Å²) >= 11 is 13.7. The summed E-state index contributed by atoms with van der Waals surface area (Å²) in [4.78, 5) is 27.3. The molecular weight excluding hydrogens is 451 g/mol. The van der Waals surface area contributed by atoms with Gasteiger partial charge in [-0.2, -0.15) is 0 Å². The normalized spacial score (nSPS) is 11.7. The SMILES string of the molecule is CCCCNC(=O)[C@@H](C)N(CCc1ccccc1)C(=O)CSCc1ccc(Cl)cc1Cl. The highest BCUT2D eigenvalue weighted by Gasteiger charge is 2.25. The summed E-state index contributed by atoms with van der Waals surface area (Å²) in [5.41, 5.74) is 2.07. The molecule has 0 saturated heterocycles. The number of benzene rings is 2. The number of unbranched alkanes of at least 4 members (excludes halogenated alkanes) is 1. The largest absolute Gasteiger partial charge is 0.354 e. The minimum absolute atomic E-state index is 0.0517. The summed E-state index contributed by atoms with van der Waals surface area (Å²) in [6, 6.07) is 14.8. The second kappa shape index (κ2) is 13.7. The van der Waals surface area contributed by atoms with E-state index in [0.29, 0.717) is 35.3 Å². The number of carbonyl (C=O) groups is 2. The highest BCUT2D eigenvalue weighted by molar-refractivity contribution is 7.99. The van der Waals surface area contributed by atoms with Gasteiger partial charge in [-0.25, -0.2) is 0 Å². The average Bonchev–Trinajstić information content (AvgIpc) is 2.76. The van der Waals surface area contributed by atoms with Crippen molar-refractivity contribution < 1.29 is 9.59 Å². The van der Waals surface area contributed by atoms with Crippen molar-refractivity contribution in [2.45, 2.75) is 44.9 Å². The maximum absolute atomic E-state index is 13.0. The predicted octanol–water partition coefficient (Wildman–Crippen LogP) is 5.60. The first kappa shape index (κ1) is 25.6. The van der Waals surface area contributed by atoms with Gasteiger partial charge in [0.05, 0.1) is 5.75 Å². The lowest BCUT2D eigenvalue weighted by molar-refractivity contribution is -0.137. The van der Waals surface area contributed by atoms with Crippen LogP contribution in [0, 0.1) is 0 Å². The number of hydrogen-bond acceptors (Lipinski definition) is 3. The van der Waals surface area contributed by atoms with Gasteiger partial charge in [0, 0.05) is 28.9 Å². The first-order chi connectivity index (χ1) is 14.9. The first-order valence-electron chi connectivity index (χ1n) is 10.5. The van der Waals surface area contributed by atoms with Crippen molar-refractivity contribution >= 4 is 46.8 Å². The average molecular weight is 481 g/mol. The third-order valence-corrected chi connectivity index (χ3v) is 6.53. The Morgan fingerprint density at radius 2 is 1.87 bits per heavy atom. The molecule has 0 fully saturated rings. The molecule has 168 valence electrons. The monoisotopic (exact) mass is 480 g/mol. The summed E-state index contributed by atoms with van der Waals surface area (Å²) in [6.07, 6.45) is 2.64. The van der Waals surface area contributed by atoms with Gasteiger partial charge >= 0.3 is 0 Å². The van der Waals surface area contributed by atoms with Crippen molar-refractivity contribution in [1.82, 2.24) is 10.2 Å². The fourth-order valence-corrected chi connectivity index (χ4v) is 4.54. The van der Waals surface area contributed by atoms with Crippen LogP contribution in [0.25, 0.3) is 0 Å². The van der Waals surface area contributed by atoms with E-state index in [1.165, 1.54) is 11.8 Å². The molecule has 2 rings (SSSR count). The van der Waals surface area contributed by atoms with Crippen molar-refractivity contribution in [3.63, 3.8) is 0 Å². The Hall–Kier alpha value is -1.69. The van der Waals surface area contributed by atoms with Gasteiger partial charge in [-0.15, -0.1) is 11.8 Å². The van der Waals surface area contributed by atoms with Gasteiger partial charge in [-0.05, 0) is 43.0 Å². The Morgan fingerprint density at radius 3 is 2.55 bits per heavy atom. The molecule has 2 aromatic rings. The van der Waals surface area contributed by atoms with Gasteiger partial charge in [0.15, 0.2) is 0 Å². The van der Waals surface area contributed by atoms with Crippen LogP contribution in [0.1, 0.15) is 37.8 Å². The zero-order chi connectivity index (χ0) is 22.6. The Kier molecular flexibility index (Phi) is 11.3. The van der Waals surface area contributed by atoms with Gasteiger partial charge in [0.2, 0.25) is 11.8 Å². The van der Waals surface area contributed by atoms with Crippen LogP contribution in [0.4, 0.5) is 0 Å². The summed E-state index contributed by atoms with van der Waals surface area (Å²) < 4.78 is 0. The van der Waals surface area contributed by atoms with E-state index in [1.807, 2.05) is 36.4 Å². The van der Waals surface area contributed by atoms with Crippen molar-refractivity contribution in [1.29, 1.82) is 0 Å². The van der Waals surface area contributed by atoms with Gasteiger partial charge < -0.3 is 10.2 Å². The second-order valence-corrected chi connectivity index (χ2v) is 9.20. The number of rotatable bonds is 12. The molecule has 4 nitrogen and oxygen atoms in total. The van der Waals surface area contributed by atoms with E-state index in [2.05, 4.69) is 12.2 Å². The lowest BCUT2D eigenvalue weighted by Gasteiger charge is -2.28. The summed E-state index contributed by atoms with van der Waals surface area (Å²) in [5, 5.41) is 4.12. The smallest absolute Gasteiger partial charge is 0.242 e. The van der Waals surface area contributed by atoms with Crippen LogP contribution < -0.4 is 5.32 Å². The number of nitrogens with zero attached hydrogens (tertiary/aromatic N) is 1. The molecule has 0 aliphatic rings. The lowest BCUT2D eigenvalue weighted by Crippen LogP contribution is -2.49. The highest BCUT2D eigenvalue weighted by atomic mass is 35.5. The molecule has 2 amide bonds. The second-order valence-electron chi connectivity index (χ2n) is 7.37. The summed E-state index contributed by atoms with van der Waals surface area (Å²) in [5.74, 6) is 0.718. The first-order valence-corrected chi connectivity index (χ1v) is 12.5. The number of hydrogen-bond donors (Lipinski definition) is 1. The molecule has 0 unspecified atom stereocenters. The topological polar surface area (TPSA) is 49.4 Å². The zero-order valence-corrected chi connectivity index (χ0v) is 20.4. The van der Waals surface area contributed by atoms with E-state index in [1.54, 1.807) is 24.0 Å². The quantitative estimate of drug-likeness (QED) is 0.402. The number of halogens is 2. The minimum atomic E-state index is -0.521. The van der Waals surface area contributed by atoms with Crippen LogP contribution >= 0.6 is 35.0 Å². The number of carbonyl (C=O) groups excluding carboxylic acids is 2. The van der Waals surface area contributed by atoms with E-state index in [-0.39, 0.29) is 17.6 Å². The van der Waals surface area contributed by atoms with Gasteiger partial charge in [0.1, 0.15) is 6.04 Å². The van der Waals surface area contributed by atoms with E-state index in [9.17, 15) is 9.59 Å². The van der Waals surface area contributed by atoms with Gasteiger partial charge in [0.25, 0.3) is 0 Å². The molecule has 0 spiro atoms. The molecule has 0 bridgehead atoms. The lowest BCUT2D eigenvalue weighted by atomic mass is 10.1. The molecule has 0 aliphatic heterocycles. The molecule has 0 aliphatic carbocycles. The Morgan fingerprint density at radius 1 is 1.13 bits per heavy atom. The molecule has 31 heavy (non-hydrogen) atoms. The van der Waals surface area contributed by atoms with Crippen LogP contribution in [-0.4, -0.2) is 41.6 Å². The fraction of sp³-hybridized carbons (Fsp3) is 0.417. The van der Waals surface area contributed by atoms with Crippen LogP contribution in [0.5, 0.6) is 0 Å². The molecule has 1 atom stereocenters. The van der Waals surface area contributed by atoms with Crippen molar-refractivity contribution in [3.05, 3.63) is 69.7 Å². The number of thioether (sulfide) groups is 1. The molecule has 1 N–H and O–H groups in total. The van der Waals surface area contributed by atoms with Crippen molar-refractivity contribution in [2.24, 2.45) is 0 Å². The van der Waals surface area contributed by atoms with Gasteiger partial charge in [-0.1, -0.05) is 72.9 Å². The molecule has 0 saturated carbocycles. The van der Waals surface area contributed by atoms with Crippen LogP contribution in [0.3, 0.4) is 0 Å². The van der Waals surface area contributed by atoms with Crippen molar-refractivity contribution in [3.8, 4) is 0 Å². The maximum atomic E-state index is 13.0. The molecule has 0 radical (unpaired) electrons. The zero-order valence-electron chi connectivity index (χ0n) is 18.1. The number of nitrogens with one attached hydrogen (secondary N) is 1. The maximum Gasteiger partial charge on any atom is 0.242 e. The third-order valence-electron chi connectivity index (χ3n) is 4.98. The highest BCUT2D eigenvalue weighted by Crippen LogP contribution is 2.25. The minimum Gasteiger partial charge on any atom is -0.354 e.